The zero-order valence-corrected chi connectivity index (χ0v) is 24.2. The van der Waals surface area contributed by atoms with Crippen molar-refractivity contribution in [3.63, 3.8) is 0 Å². The molecule has 1 aliphatic heterocycles. The quantitative estimate of drug-likeness (QED) is 0.215. The first-order chi connectivity index (χ1) is 20.2. The van der Waals surface area contributed by atoms with Crippen molar-refractivity contribution in [3.8, 4) is 17.2 Å². The highest BCUT2D eigenvalue weighted by Crippen LogP contribution is 2.37. The number of pyridine rings is 1. The first kappa shape index (κ1) is 27.3. The highest BCUT2D eigenvalue weighted by molar-refractivity contribution is 6.29. The molecular formula is C35H32N4O3. The summed E-state index contributed by atoms with van der Waals surface area (Å²) in [6, 6.07) is 23.7. The molecule has 0 radical (unpaired) electrons. The molecule has 3 aromatic carbocycles. The van der Waals surface area contributed by atoms with Crippen LogP contribution in [0.5, 0.6) is 11.5 Å². The minimum absolute atomic E-state index is 0.0857. The summed E-state index contributed by atoms with van der Waals surface area (Å²) >= 11 is 0. The van der Waals surface area contributed by atoms with Gasteiger partial charge in [-0.25, -0.2) is 14.7 Å². The second-order valence-corrected chi connectivity index (χ2v) is 11.8. The van der Waals surface area contributed by atoms with E-state index in [-0.39, 0.29) is 36.2 Å². The Kier molecular flexibility index (Phi) is 7.02. The van der Waals surface area contributed by atoms with Gasteiger partial charge in [0.25, 0.3) is 0 Å². The molecule has 6 rings (SSSR count). The highest BCUT2D eigenvalue weighted by Gasteiger charge is 2.23. The van der Waals surface area contributed by atoms with Crippen LogP contribution >= 0.6 is 0 Å². The Labute approximate surface area is 244 Å². The number of benzene rings is 3. The van der Waals surface area contributed by atoms with Crippen LogP contribution in [0, 0.1) is 6.92 Å². The number of Topliss-reactive ketones (excluding diaryl/α,β-unsaturated/α-hetero) is 2. The third-order valence-corrected chi connectivity index (χ3v) is 7.46. The summed E-state index contributed by atoms with van der Waals surface area (Å²) in [5.74, 6) is 1.71. The molecule has 210 valence electrons. The molecule has 0 aliphatic carbocycles. The lowest BCUT2D eigenvalue weighted by molar-refractivity contribution is -0.118. The van der Waals surface area contributed by atoms with E-state index in [1.54, 1.807) is 12.3 Å². The average Bonchev–Trinajstić information content (AvgIpc) is 3.39. The van der Waals surface area contributed by atoms with Crippen molar-refractivity contribution in [2.45, 2.75) is 52.4 Å². The monoisotopic (exact) mass is 556 g/mol. The number of aliphatic imine (C=N–C) groups is 1. The maximum absolute atomic E-state index is 13.6. The number of aryl methyl sites for hydroxylation is 1. The van der Waals surface area contributed by atoms with Gasteiger partial charge in [0.05, 0.1) is 23.3 Å². The van der Waals surface area contributed by atoms with Gasteiger partial charge in [-0.15, -0.1) is 0 Å². The van der Waals surface area contributed by atoms with Gasteiger partial charge in [0.1, 0.15) is 17.3 Å². The lowest BCUT2D eigenvalue weighted by Crippen LogP contribution is -2.13. The van der Waals surface area contributed by atoms with E-state index in [0.717, 1.165) is 33.4 Å². The topological polar surface area (TPSA) is 86.4 Å². The number of nitrogens with zero attached hydrogens (tertiary/aromatic N) is 4. The maximum atomic E-state index is 13.6. The summed E-state index contributed by atoms with van der Waals surface area (Å²) in [5, 5.41) is 6.73. The molecule has 7 nitrogen and oxygen atoms in total. The fourth-order valence-corrected chi connectivity index (χ4v) is 5.18. The minimum Gasteiger partial charge on any atom is -0.456 e. The van der Waals surface area contributed by atoms with Crippen LogP contribution in [0.4, 0.5) is 5.82 Å². The van der Waals surface area contributed by atoms with Crippen molar-refractivity contribution in [1.82, 2.24) is 14.8 Å². The number of fused-ring (bicyclic) bond motifs is 2. The van der Waals surface area contributed by atoms with Crippen LogP contribution in [-0.2, 0) is 34.3 Å². The predicted octanol–water partition coefficient (Wildman–Crippen LogP) is 7.00. The molecule has 0 atom stereocenters. The normalized spacial score (nSPS) is 12.9. The molecule has 0 amide bonds. The maximum Gasteiger partial charge on any atom is 0.178 e. The van der Waals surface area contributed by atoms with E-state index < -0.39 is 0 Å². The Morgan fingerprint density at radius 2 is 1.69 bits per heavy atom. The molecule has 2 aromatic heterocycles. The molecule has 0 saturated carbocycles. The molecule has 0 spiro atoms. The van der Waals surface area contributed by atoms with Gasteiger partial charge >= 0.3 is 0 Å². The Hall–Kier alpha value is -4.91. The van der Waals surface area contributed by atoms with E-state index in [1.807, 2.05) is 53.2 Å². The first-order valence-electron chi connectivity index (χ1n) is 14.1. The fraction of sp³-hybridized carbons (Fsp3) is 0.229. The molecular weight excluding hydrogens is 524 g/mol. The minimum atomic E-state index is -0.145. The number of carbonyl (C=O) groups excluding carboxylic acids is 2. The zero-order chi connectivity index (χ0) is 29.4. The van der Waals surface area contributed by atoms with Gasteiger partial charge in [0.2, 0.25) is 0 Å². The van der Waals surface area contributed by atoms with Gasteiger partial charge in [-0.2, -0.15) is 5.10 Å². The van der Waals surface area contributed by atoms with Gasteiger partial charge in [-0.05, 0) is 48.2 Å². The smallest absolute Gasteiger partial charge is 0.178 e. The molecule has 3 heterocycles. The van der Waals surface area contributed by atoms with Crippen LogP contribution in [-0.4, -0.2) is 32.5 Å². The Morgan fingerprint density at radius 3 is 2.45 bits per heavy atom. The van der Waals surface area contributed by atoms with E-state index in [0.29, 0.717) is 22.9 Å². The number of ketones is 2. The van der Waals surface area contributed by atoms with Crippen molar-refractivity contribution < 1.29 is 14.3 Å². The second kappa shape index (κ2) is 10.8. The van der Waals surface area contributed by atoms with Gasteiger partial charge in [0, 0.05) is 41.8 Å². The highest BCUT2D eigenvalue weighted by atomic mass is 16.5. The molecule has 7 heteroatoms. The van der Waals surface area contributed by atoms with E-state index in [1.165, 1.54) is 11.8 Å². The lowest BCUT2D eigenvalue weighted by atomic mass is 9.92. The van der Waals surface area contributed by atoms with Gasteiger partial charge in [-0.1, -0.05) is 68.8 Å². The molecule has 0 bridgehead atoms. The van der Waals surface area contributed by atoms with E-state index in [4.69, 9.17) is 9.84 Å². The van der Waals surface area contributed by atoms with Crippen LogP contribution < -0.4 is 4.74 Å². The standard InChI is InChI=1S/C35H32N4O3/c1-22-9-12-24(13-10-22)39-25(19-33(38-39)35(2,3)4)18-26(40)17-23-11-14-31(29-8-6-5-7-28(23)29)42-32-15-16-36-34-30(32)20-27(41)21-37-34/h5-16,19,21H,17-18,20H2,1-4H3. The van der Waals surface area contributed by atoms with Crippen LogP contribution in [0.3, 0.4) is 0 Å². The summed E-state index contributed by atoms with van der Waals surface area (Å²) in [7, 11) is 0. The Morgan fingerprint density at radius 1 is 0.929 bits per heavy atom. The number of aromatic nitrogens is 3. The summed E-state index contributed by atoms with van der Waals surface area (Å²) in [6.45, 7) is 8.44. The summed E-state index contributed by atoms with van der Waals surface area (Å²) in [5.41, 5.74) is 5.39. The largest absolute Gasteiger partial charge is 0.456 e. The molecule has 5 aromatic rings. The number of hydrogen-bond acceptors (Lipinski definition) is 6. The van der Waals surface area contributed by atoms with Gasteiger partial charge in [-0.3, -0.25) is 9.59 Å². The van der Waals surface area contributed by atoms with Crippen molar-refractivity contribution in [1.29, 1.82) is 0 Å². The Balaban J connectivity index is 1.29. The molecule has 0 unspecified atom stereocenters. The number of hydrogen-bond donors (Lipinski definition) is 0. The van der Waals surface area contributed by atoms with Crippen LogP contribution in [0.15, 0.2) is 84.0 Å². The van der Waals surface area contributed by atoms with E-state index in [2.05, 4.69) is 55.9 Å². The molecule has 1 aliphatic rings. The van der Waals surface area contributed by atoms with Crippen molar-refractivity contribution in [2.75, 3.05) is 0 Å². The van der Waals surface area contributed by atoms with E-state index >= 15 is 0 Å². The predicted molar refractivity (Wildman–Crippen MR) is 165 cm³/mol. The third-order valence-electron chi connectivity index (χ3n) is 7.46. The molecule has 0 saturated heterocycles. The van der Waals surface area contributed by atoms with Crippen molar-refractivity contribution in [2.24, 2.45) is 4.99 Å². The Bertz CT molecular complexity index is 1860. The van der Waals surface area contributed by atoms with E-state index in [9.17, 15) is 9.59 Å². The summed E-state index contributed by atoms with van der Waals surface area (Å²) in [4.78, 5) is 34.0. The zero-order valence-electron chi connectivity index (χ0n) is 24.2. The number of ether oxygens (including phenoxy) is 1. The first-order valence-corrected chi connectivity index (χ1v) is 14.1. The SMILES string of the molecule is Cc1ccc(-n2nc(C(C)(C)C)cc2CC(=O)Cc2ccc(Oc3ccnc4c3CC(=O)C=N4)c3ccccc23)cc1. The summed E-state index contributed by atoms with van der Waals surface area (Å²) < 4.78 is 8.24. The van der Waals surface area contributed by atoms with Gasteiger partial charge < -0.3 is 4.74 Å². The number of carbonyl (C=O) groups is 2. The van der Waals surface area contributed by atoms with Crippen LogP contribution in [0.1, 0.15) is 48.8 Å². The van der Waals surface area contributed by atoms with Crippen molar-refractivity contribution in [3.05, 3.63) is 107 Å². The molecule has 0 fully saturated rings. The fourth-order valence-electron chi connectivity index (χ4n) is 5.18. The molecule has 0 N–H and O–H groups in total. The molecule has 42 heavy (non-hydrogen) atoms. The van der Waals surface area contributed by atoms with Gasteiger partial charge in [0.15, 0.2) is 11.6 Å². The average molecular weight is 557 g/mol. The third kappa shape index (κ3) is 5.50. The number of rotatable bonds is 7. The summed E-state index contributed by atoms with van der Waals surface area (Å²) in [6.07, 6.45) is 3.67. The van der Waals surface area contributed by atoms with Crippen LogP contribution in [0.2, 0.25) is 0 Å². The second-order valence-electron chi connectivity index (χ2n) is 11.8. The lowest BCUT2D eigenvalue weighted by Gasteiger charge is -2.16. The van der Waals surface area contributed by atoms with Crippen LogP contribution in [0.25, 0.3) is 16.5 Å². The van der Waals surface area contributed by atoms with Crippen molar-refractivity contribution >= 4 is 34.4 Å².